The van der Waals surface area contributed by atoms with Gasteiger partial charge in [0.1, 0.15) is 0 Å². The molecule has 2 aromatic rings. The Balaban J connectivity index is 2.08. The number of para-hydroxylation sites is 1. The van der Waals surface area contributed by atoms with Gasteiger partial charge < -0.3 is 0 Å². The molecule has 0 unspecified atom stereocenters. The lowest BCUT2D eigenvalue weighted by Crippen LogP contribution is -2.13. The van der Waals surface area contributed by atoms with Gasteiger partial charge >= 0.3 is 0 Å². The van der Waals surface area contributed by atoms with Crippen LogP contribution >= 0.6 is 0 Å². The van der Waals surface area contributed by atoms with Crippen molar-refractivity contribution in [2.75, 3.05) is 0 Å². The molecular formula is C18H12N2. The van der Waals surface area contributed by atoms with Crippen molar-refractivity contribution in [1.82, 2.24) is 0 Å². The summed E-state index contributed by atoms with van der Waals surface area (Å²) in [5.74, 6) is 0. The summed E-state index contributed by atoms with van der Waals surface area (Å²) in [5.41, 5.74) is 4.20. The summed E-state index contributed by atoms with van der Waals surface area (Å²) in [5, 5.41) is 2.09. The Labute approximate surface area is 116 Å². The molecule has 0 saturated carbocycles. The maximum Gasteiger partial charge on any atom is 0.0795 e. The Hall–Kier alpha value is -2.74. The van der Waals surface area contributed by atoms with E-state index in [9.17, 15) is 0 Å². The fourth-order valence-electron chi connectivity index (χ4n) is 2.51. The molecule has 0 atom stereocenters. The molecule has 0 fully saturated rings. The maximum absolute atomic E-state index is 4.77. The minimum absolute atomic E-state index is 0.970. The van der Waals surface area contributed by atoms with E-state index in [0.29, 0.717) is 0 Å². The van der Waals surface area contributed by atoms with E-state index in [0.717, 1.165) is 33.1 Å². The predicted molar refractivity (Wildman–Crippen MR) is 84.0 cm³/mol. The highest BCUT2D eigenvalue weighted by molar-refractivity contribution is 5.85. The number of rotatable bonds is 0. The molecule has 0 N–H and O–H groups in total. The fraction of sp³-hybridized carbons (Fsp3) is 0. The summed E-state index contributed by atoms with van der Waals surface area (Å²) in [6.07, 6.45) is 12.1. The molecule has 0 aromatic heterocycles. The molecule has 2 nitrogen and oxygen atoms in total. The highest BCUT2D eigenvalue weighted by atomic mass is 14.8. The van der Waals surface area contributed by atoms with Crippen LogP contribution in [-0.4, -0.2) is 6.21 Å². The quantitative estimate of drug-likeness (QED) is 0.590. The number of nitrogens with zero attached hydrogens (tertiary/aromatic N) is 2. The van der Waals surface area contributed by atoms with Crippen LogP contribution in [0, 0.1) is 0 Å². The lowest BCUT2D eigenvalue weighted by Gasteiger charge is -2.01. The Morgan fingerprint density at radius 1 is 0.850 bits per heavy atom. The van der Waals surface area contributed by atoms with Crippen LogP contribution in [0.25, 0.3) is 18.2 Å². The summed E-state index contributed by atoms with van der Waals surface area (Å²) in [7, 11) is 0. The number of benzene rings is 2. The average Bonchev–Trinajstić information content (AvgIpc) is 2.82. The lowest BCUT2D eigenvalue weighted by atomic mass is 10.1. The highest BCUT2D eigenvalue weighted by Gasteiger charge is 2.08. The second-order valence-corrected chi connectivity index (χ2v) is 4.77. The molecule has 20 heavy (non-hydrogen) atoms. The van der Waals surface area contributed by atoms with Gasteiger partial charge in [-0.2, -0.15) is 0 Å². The summed E-state index contributed by atoms with van der Waals surface area (Å²) in [6.45, 7) is 0. The normalized spacial score (nSPS) is 14.2. The molecule has 2 aliphatic rings. The van der Waals surface area contributed by atoms with Gasteiger partial charge in [-0.1, -0.05) is 42.5 Å². The van der Waals surface area contributed by atoms with Gasteiger partial charge in [0, 0.05) is 22.6 Å². The average molecular weight is 256 g/mol. The largest absolute Gasteiger partial charge is 0.256 e. The third-order valence-corrected chi connectivity index (χ3v) is 3.51. The maximum atomic E-state index is 4.77. The number of hydrogen-bond donors (Lipinski definition) is 0. The standard InChI is InChI=1S/C18H12N2/c1-2-7-16-13(5-1)8-10-15-17(20-16)11-9-14-6-3-4-12-19-18(14)15/h1-12H. The van der Waals surface area contributed by atoms with Gasteiger partial charge in [-0.3, -0.25) is 4.99 Å². The SMILES string of the molecule is C1=CC=c2ccc3c(c2N=C1)C=Cc1ccccc1N=3. The molecule has 94 valence electrons. The second kappa shape index (κ2) is 4.42. The molecule has 0 aliphatic carbocycles. The van der Waals surface area contributed by atoms with E-state index >= 15 is 0 Å². The first-order chi connectivity index (χ1) is 9.92. The van der Waals surface area contributed by atoms with Gasteiger partial charge in [-0.25, -0.2) is 4.99 Å². The van der Waals surface area contributed by atoms with Gasteiger partial charge in [0.2, 0.25) is 0 Å². The van der Waals surface area contributed by atoms with Crippen LogP contribution in [0.2, 0.25) is 0 Å². The van der Waals surface area contributed by atoms with Crippen LogP contribution in [0.15, 0.2) is 58.5 Å². The molecular weight excluding hydrogens is 244 g/mol. The summed E-state index contributed by atoms with van der Waals surface area (Å²) in [4.78, 5) is 9.32. The van der Waals surface area contributed by atoms with Gasteiger partial charge in [-0.05, 0) is 24.3 Å². The van der Waals surface area contributed by atoms with E-state index in [1.165, 1.54) is 0 Å². The number of aliphatic imine (C=N–C) groups is 1. The molecule has 4 rings (SSSR count). The monoisotopic (exact) mass is 256 g/mol. The van der Waals surface area contributed by atoms with Crippen molar-refractivity contribution in [3.05, 3.63) is 70.3 Å². The molecule has 0 radical (unpaired) electrons. The zero-order valence-electron chi connectivity index (χ0n) is 10.8. The molecule has 2 heteroatoms. The lowest BCUT2D eigenvalue weighted by molar-refractivity contribution is 1.30. The molecule has 2 aliphatic heterocycles. The summed E-state index contributed by atoms with van der Waals surface area (Å²) < 4.78 is 0. The first-order valence-electron chi connectivity index (χ1n) is 6.62. The molecule has 2 heterocycles. The van der Waals surface area contributed by atoms with Gasteiger partial charge in [0.15, 0.2) is 0 Å². The van der Waals surface area contributed by atoms with Crippen LogP contribution in [0.5, 0.6) is 0 Å². The zero-order valence-corrected chi connectivity index (χ0v) is 10.8. The third kappa shape index (κ3) is 1.74. The van der Waals surface area contributed by atoms with E-state index in [-0.39, 0.29) is 0 Å². The Bertz CT molecular complexity index is 900. The fourth-order valence-corrected chi connectivity index (χ4v) is 2.51. The van der Waals surface area contributed by atoms with Crippen molar-refractivity contribution in [3.8, 4) is 0 Å². The number of hydrogen-bond acceptors (Lipinski definition) is 2. The third-order valence-electron chi connectivity index (χ3n) is 3.51. The van der Waals surface area contributed by atoms with Crippen LogP contribution < -0.4 is 10.6 Å². The van der Waals surface area contributed by atoms with Gasteiger partial charge in [0.25, 0.3) is 0 Å². The summed E-state index contributed by atoms with van der Waals surface area (Å²) >= 11 is 0. The smallest absolute Gasteiger partial charge is 0.0795 e. The summed E-state index contributed by atoms with van der Waals surface area (Å²) in [6, 6.07) is 12.3. The van der Waals surface area contributed by atoms with E-state index < -0.39 is 0 Å². The van der Waals surface area contributed by atoms with E-state index in [1.807, 2.05) is 36.6 Å². The molecule has 2 aromatic carbocycles. The molecule has 0 spiro atoms. The van der Waals surface area contributed by atoms with Crippen molar-refractivity contribution in [3.63, 3.8) is 0 Å². The first kappa shape index (κ1) is 11.1. The molecule has 0 bridgehead atoms. The van der Waals surface area contributed by atoms with Crippen molar-refractivity contribution in [1.29, 1.82) is 0 Å². The van der Waals surface area contributed by atoms with Gasteiger partial charge in [-0.15, -0.1) is 0 Å². The predicted octanol–water partition coefficient (Wildman–Crippen LogP) is 3.17. The van der Waals surface area contributed by atoms with Crippen molar-refractivity contribution in [2.45, 2.75) is 0 Å². The van der Waals surface area contributed by atoms with Crippen molar-refractivity contribution in [2.24, 2.45) is 9.98 Å². The highest BCUT2D eigenvalue weighted by Crippen LogP contribution is 2.24. The number of allylic oxidation sites excluding steroid dienone is 2. The van der Waals surface area contributed by atoms with Crippen LogP contribution in [0.1, 0.15) is 11.1 Å². The second-order valence-electron chi connectivity index (χ2n) is 4.77. The van der Waals surface area contributed by atoms with E-state index in [2.05, 4.69) is 41.4 Å². The topological polar surface area (TPSA) is 24.7 Å². The number of fused-ring (bicyclic) bond motifs is 4. The minimum Gasteiger partial charge on any atom is -0.256 e. The van der Waals surface area contributed by atoms with Crippen LogP contribution in [0.3, 0.4) is 0 Å². The molecule has 0 amide bonds. The molecule has 0 saturated heterocycles. The Kier molecular flexibility index (Phi) is 2.46. The minimum atomic E-state index is 0.970. The van der Waals surface area contributed by atoms with E-state index in [4.69, 9.17) is 4.99 Å². The van der Waals surface area contributed by atoms with Crippen molar-refractivity contribution < 1.29 is 0 Å². The van der Waals surface area contributed by atoms with Gasteiger partial charge in [0.05, 0.1) is 16.7 Å². The zero-order chi connectivity index (χ0) is 13.4. The van der Waals surface area contributed by atoms with Crippen LogP contribution in [-0.2, 0) is 0 Å². The Morgan fingerprint density at radius 2 is 1.80 bits per heavy atom. The Morgan fingerprint density at radius 3 is 2.80 bits per heavy atom. The first-order valence-corrected chi connectivity index (χ1v) is 6.62. The van der Waals surface area contributed by atoms with Crippen LogP contribution in [0.4, 0.5) is 11.4 Å². The van der Waals surface area contributed by atoms with E-state index in [1.54, 1.807) is 0 Å². The van der Waals surface area contributed by atoms with Crippen molar-refractivity contribution >= 4 is 35.8 Å².